The van der Waals surface area contributed by atoms with Crippen LogP contribution in [0.2, 0.25) is 0 Å². The van der Waals surface area contributed by atoms with Gasteiger partial charge in [-0.2, -0.15) is 5.10 Å². The van der Waals surface area contributed by atoms with Gasteiger partial charge in [0.25, 0.3) is 0 Å². The van der Waals surface area contributed by atoms with E-state index in [1.54, 1.807) is 7.11 Å². The molecule has 0 bridgehead atoms. The van der Waals surface area contributed by atoms with Crippen LogP contribution in [0.3, 0.4) is 0 Å². The minimum absolute atomic E-state index is 0.00767. The van der Waals surface area contributed by atoms with E-state index in [2.05, 4.69) is 22.7 Å². The molecule has 1 N–H and O–H groups in total. The molecule has 2 atom stereocenters. The number of amides is 1. The van der Waals surface area contributed by atoms with Gasteiger partial charge in [0, 0.05) is 5.92 Å². The molecule has 0 aliphatic heterocycles. The molecule has 1 amide bonds. The number of nitrogens with one attached hydrogen (secondary N) is 1. The molecule has 4 nitrogen and oxygen atoms in total. The summed E-state index contributed by atoms with van der Waals surface area (Å²) in [5, 5.41) is 4.22. The maximum absolute atomic E-state index is 12.2. The summed E-state index contributed by atoms with van der Waals surface area (Å²) in [6, 6.07) is 17.8. The third-order valence-electron chi connectivity index (χ3n) is 4.20. The molecule has 0 saturated heterocycles. The fraction of sp³-hybridized carbons (Fsp3) is 0.263. The van der Waals surface area contributed by atoms with E-state index in [4.69, 9.17) is 4.74 Å². The molecule has 0 aromatic heterocycles. The van der Waals surface area contributed by atoms with Gasteiger partial charge >= 0.3 is 0 Å². The van der Waals surface area contributed by atoms with Gasteiger partial charge in [-0.05, 0) is 54.7 Å². The van der Waals surface area contributed by atoms with E-state index in [9.17, 15) is 4.79 Å². The Kier molecular flexibility index (Phi) is 4.42. The zero-order valence-corrected chi connectivity index (χ0v) is 13.3. The van der Waals surface area contributed by atoms with Gasteiger partial charge in [-0.15, -0.1) is 0 Å². The third kappa shape index (κ3) is 3.59. The summed E-state index contributed by atoms with van der Waals surface area (Å²) in [6.07, 6.45) is 0.896. The summed E-state index contributed by atoms with van der Waals surface area (Å²) in [5.74, 6) is 1.15. The fourth-order valence-electron chi connectivity index (χ4n) is 2.67. The van der Waals surface area contributed by atoms with Crippen molar-refractivity contribution in [2.45, 2.75) is 19.3 Å². The van der Waals surface area contributed by atoms with Crippen molar-refractivity contribution < 1.29 is 9.53 Å². The Balaban J connectivity index is 1.58. The lowest BCUT2D eigenvalue weighted by Crippen LogP contribution is -2.21. The van der Waals surface area contributed by atoms with Crippen LogP contribution in [-0.2, 0) is 4.79 Å². The molecule has 2 aromatic carbocycles. The van der Waals surface area contributed by atoms with Gasteiger partial charge in [0.15, 0.2) is 0 Å². The molecule has 0 radical (unpaired) electrons. The molecule has 0 heterocycles. The van der Waals surface area contributed by atoms with Gasteiger partial charge < -0.3 is 4.74 Å². The summed E-state index contributed by atoms with van der Waals surface area (Å²) in [4.78, 5) is 12.2. The Morgan fingerprint density at radius 1 is 1.13 bits per heavy atom. The van der Waals surface area contributed by atoms with Crippen molar-refractivity contribution in [1.82, 2.24) is 5.43 Å². The molecular weight excluding hydrogens is 288 g/mol. The molecular formula is C19H20N2O2. The monoisotopic (exact) mass is 308 g/mol. The van der Waals surface area contributed by atoms with Crippen molar-refractivity contribution in [3.8, 4) is 5.75 Å². The summed E-state index contributed by atoms with van der Waals surface area (Å²) in [7, 11) is 1.63. The maximum Gasteiger partial charge on any atom is 0.243 e. The van der Waals surface area contributed by atoms with Gasteiger partial charge in [0.2, 0.25) is 5.91 Å². The van der Waals surface area contributed by atoms with Gasteiger partial charge in [-0.25, -0.2) is 5.43 Å². The Labute approximate surface area is 136 Å². The Bertz CT molecular complexity index is 708. The number of hydrazone groups is 1. The number of carbonyl (C=O) groups is 1. The Hall–Kier alpha value is -2.62. The standard InChI is InChI=1S/C19H20N2O2/c1-13(14-8-10-16(23-2)11-9-14)20-21-19(22)18-12-17(18)15-6-4-3-5-7-15/h3-11,17-18H,12H2,1-2H3,(H,21,22)/b20-13-/t17-,18-/m1/s1. The van der Waals surface area contributed by atoms with Crippen molar-refractivity contribution in [3.63, 3.8) is 0 Å². The van der Waals surface area contributed by atoms with E-state index in [-0.39, 0.29) is 11.8 Å². The highest BCUT2D eigenvalue weighted by atomic mass is 16.5. The maximum atomic E-state index is 12.2. The van der Waals surface area contributed by atoms with Crippen LogP contribution in [-0.4, -0.2) is 18.7 Å². The number of ether oxygens (including phenoxy) is 1. The first-order chi connectivity index (χ1) is 11.2. The Morgan fingerprint density at radius 2 is 1.83 bits per heavy atom. The number of carbonyl (C=O) groups excluding carboxylic acids is 1. The van der Waals surface area contributed by atoms with Crippen molar-refractivity contribution in [2.24, 2.45) is 11.0 Å². The van der Waals surface area contributed by atoms with Gasteiger partial charge in [0.05, 0.1) is 12.8 Å². The predicted octanol–water partition coefficient (Wildman–Crippen LogP) is 3.34. The number of methoxy groups -OCH3 is 1. The SMILES string of the molecule is COc1ccc(/C(C)=N\NC(=O)[C@@H]2C[C@@H]2c2ccccc2)cc1. The quantitative estimate of drug-likeness (QED) is 0.680. The second-order valence-electron chi connectivity index (χ2n) is 5.76. The molecule has 118 valence electrons. The normalized spacial score (nSPS) is 20.0. The molecule has 1 fully saturated rings. The topological polar surface area (TPSA) is 50.7 Å². The summed E-state index contributed by atoms with van der Waals surface area (Å²) in [6.45, 7) is 1.88. The van der Waals surface area contributed by atoms with Gasteiger partial charge in [0.1, 0.15) is 5.75 Å². The second kappa shape index (κ2) is 6.65. The molecule has 23 heavy (non-hydrogen) atoms. The average Bonchev–Trinajstić information content (AvgIpc) is 3.41. The van der Waals surface area contributed by atoms with Crippen LogP contribution in [0.4, 0.5) is 0 Å². The molecule has 1 aliphatic rings. The minimum atomic E-state index is -0.00767. The molecule has 2 aromatic rings. The zero-order chi connectivity index (χ0) is 16.2. The third-order valence-corrected chi connectivity index (χ3v) is 4.20. The molecule has 1 aliphatic carbocycles. The van der Waals surface area contributed by atoms with Crippen LogP contribution in [0.25, 0.3) is 0 Å². The largest absolute Gasteiger partial charge is 0.497 e. The lowest BCUT2D eigenvalue weighted by molar-refractivity contribution is -0.122. The van der Waals surface area contributed by atoms with Crippen molar-refractivity contribution in [2.75, 3.05) is 7.11 Å². The molecule has 3 rings (SSSR count). The van der Waals surface area contributed by atoms with Crippen LogP contribution in [0.5, 0.6) is 5.75 Å². The number of rotatable bonds is 5. The van der Waals surface area contributed by atoms with E-state index in [0.29, 0.717) is 5.92 Å². The number of hydrogen-bond acceptors (Lipinski definition) is 3. The number of hydrogen-bond donors (Lipinski definition) is 1. The van der Waals surface area contributed by atoms with Crippen LogP contribution >= 0.6 is 0 Å². The highest BCUT2D eigenvalue weighted by Gasteiger charge is 2.43. The summed E-state index contributed by atoms with van der Waals surface area (Å²) in [5.41, 5.74) is 5.65. The number of nitrogens with zero attached hydrogens (tertiary/aromatic N) is 1. The lowest BCUT2D eigenvalue weighted by Gasteiger charge is -2.04. The lowest BCUT2D eigenvalue weighted by atomic mass is 10.1. The summed E-state index contributed by atoms with van der Waals surface area (Å²) >= 11 is 0. The summed E-state index contributed by atoms with van der Waals surface area (Å²) < 4.78 is 5.13. The van der Waals surface area contributed by atoms with Crippen LogP contribution in [0.1, 0.15) is 30.4 Å². The first-order valence-corrected chi connectivity index (χ1v) is 7.72. The van der Waals surface area contributed by atoms with Crippen LogP contribution in [0, 0.1) is 5.92 Å². The van der Waals surface area contributed by atoms with Crippen LogP contribution in [0.15, 0.2) is 59.7 Å². The Morgan fingerprint density at radius 3 is 2.48 bits per heavy atom. The van der Waals surface area contributed by atoms with Gasteiger partial charge in [-0.1, -0.05) is 30.3 Å². The smallest absolute Gasteiger partial charge is 0.243 e. The fourth-order valence-corrected chi connectivity index (χ4v) is 2.67. The van der Waals surface area contributed by atoms with E-state index in [1.165, 1.54) is 5.56 Å². The van der Waals surface area contributed by atoms with Crippen molar-refractivity contribution in [3.05, 3.63) is 65.7 Å². The van der Waals surface area contributed by atoms with Crippen molar-refractivity contribution >= 4 is 11.6 Å². The predicted molar refractivity (Wildman–Crippen MR) is 90.6 cm³/mol. The highest BCUT2D eigenvalue weighted by Crippen LogP contribution is 2.47. The highest BCUT2D eigenvalue weighted by molar-refractivity contribution is 5.99. The molecule has 0 spiro atoms. The molecule has 0 unspecified atom stereocenters. The van der Waals surface area contributed by atoms with E-state index >= 15 is 0 Å². The molecule has 1 saturated carbocycles. The van der Waals surface area contributed by atoms with E-state index in [1.807, 2.05) is 49.4 Å². The van der Waals surface area contributed by atoms with Crippen molar-refractivity contribution in [1.29, 1.82) is 0 Å². The molecule has 4 heteroatoms. The number of benzene rings is 2. The average molecular weight is 308 g/mol. The second-order valence-corrected chi connectivity index (χ2v) is 5.76. The van der Waals surface area contributed by atoms with Crippen LogP contribution < -0.4 is 10.2 Å². The first-order valence-electron chi connectivity index (χ1n) is 7.72. The van der Waals surface area contributed by atoms with Gasteiger partial charge in [-0.3, -0.25) is 4.79 Å². The first kappa shape index (κ1) is 15.3. The zero-order valence-electron chi connectivity index (χ0n) is 13.3. The van der Waals surface area contributed by atoms with E-state index < -0.39 is 0 Å². The minimum Gasteiger partial charge on any atom is -0.497 e. The van der Waals surface area contributed by atoms with E-state index in [0.717, 1.165) is 23.4 Å².